The Bertz CT molecular complexity index is 534. The quantitative estimate of drug-likeness (QED) is 0.691. The molecule has 17 heavy (non-hydrogen) atoms. The molecule has 88 valence electrons. The van der Waals surface area contributed by atoms with Crippen LogP contribution in [0.1, 0.15) is 5.56 Å². The smallest absolute Gasteiger partial charge is 0.146 e. The Morgan fingerprint density at radius 3 is 2.59 bits per heavy atom. The molecule has 0 aliphatic heterocycles. The summed E-state index contributed by atoms with van der Waals surface area (Å²) in [6, 6.07) is 7.55. The van der Waals surface area contributed by atoms with E-state index in [1.54, 1.807) is 12.4 Å². The number of pyridine rings is 1. The van der Waals surface area contributed by atoms with Crippen LogP contribution in [0, 0.1) is 0 Å². The molecule has 2 rings (SSSR count). The second-order valence-corrected chi connectivity index (χ2v) is 5.37. The van der Waals surface area contributed by atoms with Gasteiger partial charge in [-0.2, -0.15) is 0 Å². The van der Waals surface area contributed by atoms with Gasteiger partial charge < -0.3 is 4.74 Å². The van der Waals surface area contributed by atoms with E-state index >= 15 is 0 Å². The van der Waals surface area contributed by atoms with Crippen LogP contribution < -0.4 is 4.74 Å². The monoisotopic (exact) mass is 375 g/mol. The van der Waals surface area contributed by atoms with Crippen LogP contribution in [0.15, 0.2) is 45.6 Å². The molecule has 0 atom stereocenters. The van der Waals surface area contributed by atoms with Gasteiger partial charge in [0, 0.05) is 21.0 Å². The molecule has 2 aromatic rings. The fourth-order valence-corrected chi connectivity index (χ4v) is 2.52. The molecule has 1 heterocycles. The lowest BCUT2D eigenvalue weighted by molar-refractivity contribution is 0.479. The van der Waals surface area contributed by atoms with E-state index in [-0.39, 0.29) is 0 Å². The van der Waals surface area contributed by atoms with Crippen molar-refractivity contribution in [2.75, 3.05) is 0 Å². The number of ether oxygens (including phenoxy) is 1. The topological polar surface area (TPSA) is 22.1 Å². The summed E-state index contributed by atoms with van der Waals surface area (Å²) in [6.45, 7) is 0. The van der Waals surface area contributed by atoms with Crippen molar-refractivity contribution in [3.05, 3.63) is 51.2 Å². The minimum absolute atomic E-state index is 0.472. The third-order valence-corrected chi connectivity index (χ3v) is 3.54. The Morgan fingerprint density at radius 2 is 1.94 bits per heavy atom. The molecule has 0 unspecified atom stereocenters. The minimum atomic E-state index is 0.472. The number of hydrogen-bond acceptors (Lipinski definition) is 2. The molecule has 0 N–H and O–H groups in total. The van der Waals surface area contributed by atoms with Gasteiger partial charge >= 0.3 is 0 Å². The summed E-state index contributed by atoms with van der Waals surface area (Å²) in [5.74, 6) is 1.90. The highest BCUT2D eigenvalue weighted by Gasteiger charge is 2.03. The van der Waals surface area contributed by atoms with Crippen molar-refractivity contribution in [1.82, 2.24) is 4.98 Å². The average molecular weight is 377 g/mol. The molecule has 5 heteroatoms. The molecule has 1 aromatic carbocycles. The van der Waals surface area contributed by atoms with E-state index in [9.17, 15) is 0 Å². The van der Waals surface area contributed by atoms with Crippen LogP contribution in [-0.4, -0.2) is 4.98 Å². The number of aromatic nitrogens is 1. The average Bonchev–Trinajstić information content (AvgIpc) is 2.29. The predicted octanol–water partition coefficient (Wildman–Crippen LogP) is 5.14. The van der Waals surface area contributed by atoms with Crippen LogP contribution in [0.2, 0.25) is 0 Å². The van der Waals surface area contributed by atoms with Crippen molar-refractivity contribution in [2.45, 2.75) is 5.88 Å². The highest BCUT2D eigenvalue weighted by atomic mass is 79.9. The molecule has 1 aromatic heterocycles. The number of alkyl halides is 1. The van der Waals surface area contributed by atoms with Crippen molar-refractivity contribution >= 4 is 43.5 Å². The first-order valence-corrected chi connectivity index (χ1v) is 6.94. The number of rotatable bonds is 3. The standard InChI is InChI=1S/C12H8Br2ClNO/c13-9-3-11(7-16-6-9)17-10-2-1-8(5-15)12(14)4-10/h1-4,6-7H,5H2. The Labute approximate surface area is 121 Å². The number of hydrogen-bond donors (Lipinski definition) is 0. The molecule has 0 spiro atoms. The van der Waals surface area contributed by atoms with Crippen molar-refractivity contribution in [3.63, 3.8) is 0 Å². The summed E-state index contributed by atoms with van der Waals surface area (Å²) in [7, 11) is 0. The van der Waals surface area contributed by atoms with Crippen molar-refractivity contribution in [3.8, 4) is 11.5 Å². The van der Waals surface area contributed by atoms with Crippen LogP contribution in [-0.2, 0) is 5.88 Å². The molecule has 0 saturated heterocycles. The summed E-state index contributed by atoms with van der Waals surface area (Å²) < 4.78 is 7.49. The molecule has 0 radical (unpaired) electrons. The molecular formula is C12H8Br2ClNO. The van der Waals surface area contributed by atoms with Gasteiger partial charge in [0.15, 0.2) is 0 Å². The lowest BCUT2D eigenvalue weighted by atomic mass is 10.2. The van der Waals surface area contributed by atoms with E-state index in [0.717, 1.165) is 20.3 Å². The van der Waals surface area contributed by atoms with Gasteiger partial charge in [-0.25, -0.2) is 0 Å². The van der Waals surface area contributed by atoms with E-state index in [4.69, 9.17) is 16.3 Å². The second-order valence-electron chi connectivity index (χ2n) is 3.33. The SMILES string of the molecule is ClCc1ccc(Oc2cncc(Br)c2)cc1Br. The van der Waals surface area contributed by atoms with Crippen LogP contribution in [0.4, 0.5) is 0 Å². The van der Waals surface area contributed by atoms with Crippen LogP contribution in [0.3, 0.4) is 0 Å². The number of benzene rings is 1. The first-order chi connectivity index (χ1) is 8.19. The van der Waals surface area contributed by atoms with E-state index < -0.39 is 0 Å². The predicted molar refractivity (Wildman–Crippen MR) is 75.7 cm³/mol. The van der Waals surface area contributed by atoms with Gasteiger partial charge in [-0.3, -0.25) is 4.98 Å². The Morgan fingerprint density at radius 1 is 1.12 bits per heavy atom. The molecule has 0 fully saturated rings. The Kier molecular flexibility index (Phi) is 4.42. The van der Waals surface area contributed by atoms with Gasteiger partial charge in [0.2, 0.25) is 0 Å². The molecular weight excluding hydrogens is 369 g/mol. The van der Waals surface area contributed by atoms with Crippen LogP contribution >= 0.6 is 43.5 Å². The first kappa shape index (κ1) is 12.9. The summed E-state index contributed by atoms with van der Waals surface area (Å²) >= 11 is 12.6. The lowest BCUT2D eigenvalue weighted by Crippen LogP contribution is -1.87. The molecule has 0 amide bonds. The molecule has 0 saturated carbocycles. The van der Waals surface area contributed by atoms with E-state index in [0.29, 0.717) is 11.6 Å². The summed E-state index contributed by atoms with van der Waals surface area (Å²) in [5, 5.41) is 0. The van der Waals surface area contributed by atoms with Gasteiger partial charge in [-0.1, -0.05) is 22.0 Å². The zero-order valence-corrected chi connectivity index (χ0v) is 12.6. The number of halogens is 3. The maximum absolute atomic E-state index is 5.78. The fourth-order valence-electron chi connectivity index (χ4n) is 1.28. The largest absolute Gasteiger partial charge is 0.456 e. The van der Waals surface area contributed by atoms with Crippen LogP contribution in [0.25, 0.3) is 0 Å². The second kappa shape index (κ2) is 5.85. The summed E-state index contributed by atoms with van der Waals surface area (Å²) in [4.78, 5) is 4.03. The molecule has 0 aliphatic carbocycles. The van der Waals surface area contributed by atoms with Crippen molar-refractivity contribution < 1.29 is 4.74 Å². The zero-order valence-electron chi connectivity index (χ0n) is 8.66. The maximum atomic E-state index is 5.78. The van der Waals surface area contributed by atoms with Gasteiger partial charge in [0.1, 0.15) is 11.5 Å². The van der Waals surface area contributed by atoms with Gasteiger partial charge in [0.05, 0.1) is 6.20 Å². The summed E-state index contributed by atoms with van der Waals surface area (Å²) in [5.41, 5.74) is 1.03. The molecule has 2 nitrogen and oxygen atoms in total. The van der Waals surface area contributed by atoms with E-state index in [1.807, 2.05) is 24.3 Å². The first-order valence-electron chi connectivity index (χ1n) is 4.82. The maximum Gasteiger partial charge on any atom is 0.146 e. The van der Waals surface area contributed by atoms with Gasteiger partial charge in [-0.05, 0) is 39.7 Å². The highest BCUT2D eigenvalue weighted by molar-refractivity contribution is 9.10. The molecule has 0 bridgehead atoms. The lowest BCUT2D eigenvalue weighted by Gasteiger charge is -2.07. The van der Waals surface area contributed by atoms with E-state index in [2.05, 4.69) is 36.8 Å². The van der Waals surface area contributed by atoms with E-state index in [1.165, 1.54) is 0 Å². The third-order valence-electron chi connectivity index (χ3n) is 2.08. The number of nitrogens with zero attached hydrogens (tertiary/aromatic N) is 1. The Hall–Kier alpha value is -0.580. The Balaban J connectivity index is 2.22. The van der Waals surface area contributed by atoms with Crippen molar-refractivity contribution in [1.29, 1.82) is 0 Å². The minimum Gasteiger partial charge on any atom is -0.456 e. The van der Waals surface area contributed by atoms with Gasteiger partial charge in [-0.15, -0.1) is 11.6 Å². The highest BCUT2D eigenvalue weighted by Crippen LogP contribution is 2.28. The molecule has 0 aliphatic rings. The van der Waals surface area contributed by atoms with Gasteiger partial charge in [0.25, 0.3) is 0 Å². The third kappa shape index (κ3) is 3.44. The zero-order chi connectivity index (χ0) is 12.3. The van der Waals surface area contributed by atoms with Crippen molar-refractivity contribution in [2.24, 2.45) is 0 Å². The fraction of sp³-hybridized carbons (Fsp3) is 0.0833. The summed E-state index contributed by atoms with van der Waals surface area (Å²) in [6.07, 6.45) is 3.37. The normalized spacial score (nSPS) is 10.3. The van der Waals surface area contributed by atoms with Crippen LogP contribution in [0.5, 0.6) is 11.5 Å².